The predicted molar refractivity (Wildman–Crippen MR) is 120 cm³/mol. The maximum atomic E-state index is 12.4. The van der Waals surface area contributed by atoms with E-state index in [1.165, 1.54) is 0 Å². The smallest absolute Gasteiger partial charge is 0.185 e. The molecule has 0 aliphatic carbocycles. The molecule has 0 amide bonds. The molecular weight excluding hydrogens is 360 g/mol. The van der Waals surface area contributed by atoms with Crippen LogP contribution in [0.2, 0.25) is 0 Å². The Hall–Kier alpha value is -3.37. The average molecular weight is 386 g/mol. The van der Waals surface area contributed by atoms with Gasteiger partial charge in [0.15, 0.2) is 5.78 Å². The first-order valence-electron chi connectivity index (χ1n) is 9.64. The first-order chi connectivity index (χ1) is 14.1. The van der Waals surface area contributed by atoms with Crippen LogP contribution in [-0.2, 0) is 0 Å². The van der Waals surface area contributed by atoms with Crippen LogP contribution in [0.3, 0.4) is 0 Å². The fourth-order valence-electron chi connectivity index (χ4n) is 2.72. The summed E-state index contributed by atoms with van der Waals surface area (Å²) < 4.78 is 5.76. The number of hydrogen-bond donors (Lipinski definition) is 1. The molecule has 0 aliphatic rings. The molecule has 0 spiro atoms. The summed E-state index contributed by atoms with van der Waals surface area (Å²) in [6.07, 6.45) is 3.43. The van der Waals surface area contributed by atoms with Gasteiger partial charge in [0.2, 0.25) is 0 Å². The molecule has 3 aromatic carbocycles. The quantitative estimate of drug-likeness (QED) is 0.398. The Morgan fingerprint density at radius 2 is 1.55 bits per heavy atom. The Labute approximate surface area is 172 Å². The lowest BCUT2D eigenvalue weighted by Crippen LogP contribution is -2.20. The van der Waals surface area contributed by atoms with Crippen molar-refractivity contribution in [2.24, 2.45) is 0 Å². The molecule has 1 N–H and O–H groups in total. The van der Waals surface area contributed by atoms with E-state index in [2.05, 4.69) is 24.3 Å². The number of ether oxygens (including phenoxy) is 1. The normalized spacial score (nSPS) is 11.0. The zero-order valence-corrected chi connectivity index (χ0v) is 16.8. The van der Waals surface area contributed by atoms with E-state index >= 15 is 0 Å². The molecule has 4 nitrogen and oxygen atoms in total. The molecule has 0 saturated carbocycles. The molecule has 0 saturated heterocycles. The summed E-state index contributed by atoms with van der Waals surface area (Å²) in [5.41, 5.74) is 2.69. The minimum atomic E-state index is -0.0376. The van der Waals surface area contributed by atoms with Crippen molar-refractivity contribution < 1.29 is 9.53 Å². The van der Waals surface area contributed by atoms with Gasteiger partial charge in [0.05, 0.1) is 0 Å². The van der Waals surface area contributed by atoms with Gasteiger partial charge in [-0.3, -0.25) is 4.79 Å². The number of anilines is 1. The van der Waals surface area contributed by atoms with E-state index in [9.17, 15) is 4.79 Å². The molecule has 29 heavy (non-hydrogen) atoms. The minimum absolute atomic E-state index is 0.0376. The number of benzene rings is 3. The standard InChI is InChI=1S/C25H26N2O2/c1-27(2)19-18-26-22-13-8-20(9-14-22)10-17-25(28)21-11-15-24(16-12-21)29-23-6-4-3-5-7-23/h3-17,26H,18-19H2,1-2H3/b17-10+. The van der Waals surface area contributed by atoms with Crippen LogP contribution >= 0.6 is 0 Å². The lowest BCUT2D eigenvalue weighted by molar-refractivity contribution is 0.104. The van der Waals surface area contributed by atoms with Gasteiger partial charge in [-0.15, -0.1) is 0 Å². The maximum absolute atomic E-state index is 12.4. The molecule has 0 atom stereocenters. The number of allylic oxidation sites excluding steroid dienone is 1. The van der Waals surface area contributed by atoms with E-state index in [0.29, 0.717) is 11.3 Å². The highest BCUT2D eigenvalue weighted by molar-refractivity contribution is 6.06. The van der Waals surface area contributed by atoms with Crippen molar-refractivity contribution in [2.45, 2.75) is 0 Å². The Balaban J connectivity index is 1.54. The fraction of sp³-hybridized carbons (Fsp3) is 0.160. The molecule has 0 fully saturated rings. The number of nitrogens with zero attached hydrogens (tertiary/aromatic N) is 1. The number of likely N-dealkylation sites (N-methyl/N-ethyl adjacent to an activating group) is 1. The summed E-state index contributed by atoms with van der Waals surface area (Å²) in [4.78, 5) is 14.6. The highest BCUT2D eigenvalue weighted by atomic mass is 16.5. The van der Waals surface area contributed by atoms with Gasteiger partial charge in [0.1, 0.15) is 11.5 Å². The number of para-hydroxylation sites is 1. The molecule has 0 radical (unpaired) electrons. The van der Waals surface area contributed by atoms with Gasteiger partial charge in [0, 0.05) is 24.3 Å². The topological polar surface area (TPSA) is 41.6 Å². The van der Waals surface area contributed by atoms with E-state index in [0.717, 1.165) is 30.1 Å². The molecule has 0 heterocycles. The van der Waals surface area contributed by atoms with Crippen molar-refractivity contribution in [1.82, 2.24) is 4.90 Å². The van der Waals surface area contributed by atoms with E-state index in [-0.39, 0.29) is 5.78 Å². The van der Waals surface area contributed by atoms with Gasteiger partial charge in [-0.05, 0) is 74.3 Å². The summed E-state index contributed by atoms with van der Waals surface area (Å²) in [7, 11) is 4.10. The highest BCUT2D eigenvalue weighted by Gasteiger charge is 2.03. The highest BCUT2D eigenvalue weighted by Crippen LogP contribution is 2.21. The molecular formula is C25H26N2O2. The Morgan fingerprint density at radius 1 is 0.897 bits per heavy atom. The summed E-state index contributed by atoms with van der Waals surface area (Å²) in [6.45, 7) is 1.87. The third-order valence-electron chi connectivity index (χ3n) is 4.34. The van der Waals surface area contributed by atoms with Gasteiger partial charge < -0.3 is 15.0 Å². The molecule has 3 aromatic rings. The SMILES string of the molecule is CN(C)CCNc1ccc(/C=C/C(=O)c2ccc(Oc3ccccc3)cc2)cc1. The van der Waals surface area contributed by atoms with E-state index in [1.807, 2.05) is 72.8 Å². The molecule has 0 unspecified atom stereocenters. The van der Waals surface area contributed by atoms with Gasteiger partial charge in [-0.1, -0.05) is 36.4 Å². The van der Waals surface area contributed by atoms with Crippen LogP contribution in [0.1, 0.15) is 15.9 Å². The van der Waals surface area contributed by atoms with Crippen LogP contribution in [0.15, 0.2) is 84.9 Å². The van der Waals surface area contributed by atoms with Gasteiger partial charge in [-0.2, -0.15) is 0 Å². The number of ketones is 1. The van der Waals surface area contributed by atoms with Gasteiger partial charge >= 0.3 is 0 Å². The maximum Gasteiger partial charge on any atom is 0.185 e. The molecule has 0 aliphatic heterocycles. The van der Waals surface area contributed by atoms with Crippen LogP contribution in [0.4, 0.5) is 5.69 Å². The van der Waals surface area contributed by atoms with Crippen molar-refractivity contribution in [1.29, 1.82) is 0 Å². The lowest BCUT2D eigenvalue weighted by Gasteiger charge is -2.11. The number of hydrogen-bond acceptors (Lipinski definition) is 4. The molecule has 0 bridgehead atoms. The summed E-state index contributed by atoms with van der Waals surface area (Å²) >= 11 is 0. The Morgan fingerprint density at radius 3 is 2.21 bits per heavy atom. The summed E-state index contributed by atoms with van der Waals surface area (Å²) in [5, 5.41) is 3.37. The number of carbonyl (C=O) groups is 1. The summed E-state index contributed by atoms with van der Waals surface area (Å²) in [6, 6.07) is 24.8. The number of nitrogens with one attached hydrogen (secondary N) is 1. The van der Waals surface area contributed by atoms with Crippen molar-refractivity contribution in [3.8, 4) is 11.5 Å². The predicted octanol–water partition coefficient (Wildman–Crippen LogP) is 5.35. The van der Waals surface area contributed by atoms with Crippen molar-refractivity contribution in [3.63, 3.8) is 0 Å². The molecule has 148 valence electrons. The second kappa shape index (κ2) is 10.2. The van der Waals surface area contributed by atoms with Crippen LogP contribution < -0.4 is 10.1 Å². The second-order valence-electron chi connectivity index (χ2n) is 6.99. The van der Waals surface area contributed by atoms with Crippen LogP contribution in [0, 0.1) is 0 Å². The molecule has 0 aromatic heterocycles. The number of carbonyl (C=O) groups excluding carboxylic acids is 1. The number of rotatable bonds is 9. The minimum Gasteiger partial charge on any atom is -0.457 e. The van der Waals surface area contributed by atoms with E-state index in [4.69, 9.17) is 4.74 Å². The van der Waals surface area contributed by atoms with Crippen molar-refractivity contribution in [2.75, 3.05) is 32.5 Å². The zero-order valence-electron chi connectivity index (χ0n) is 16.8. The van der Waals surface area contributed by atoms with E-state index in [1.54, 1.807) is 18.2 Å². The van der Waals surface area contributed by atoms with Crippen molar-refractivity contribution >= 4 is 17.5 Å². The first-order valence-corrected chi connectivity index (χ1v) is 9.64. The monoisotopic (exact) mass is 386 g/mol. The molecule has 3 rings (SSSR count). The van der Waals surface area contributed by atoms with Crippen molar-refractivity contribution in [3.05, 3.63) is 96.1 Å². The summed E-state index contributed by atoms with van der Waals surface area (Å²) in [5.74, 6) is 1.43. The third kappa shape index (κ3) is 6.63. The first kappa shape index (κ1) is 20.4. The van der Waals surface area contributed by atoms with Gasteiger partial charge in [0.25, 0.3) is 0 Å². The van der Waals surface area contributed by atoms with E-state index < -0.39 is 0 Å². The molecule has 4 heteroatoms. The van der Waals surface area contributed by atoms with Crippen LogP contribution in [0.25, 0.3) is 6.08 Å². The zero-order chi connectivity index (χ0) is 20.5. The Kier molecular flexibility index (Phi) is 7.20. The van der Waals surface area contributed by atoms with Crippen LogP contribution in [0.5, 0.6) is 11.5 Å². The fourth-order valence-corrected chi connectivity index (χ4v) is 2.72. The Bertz CT molecular complexity index is 931. The second-order valence-corrected chi connectivity index (χ2v) is 6.99. The van der Waals surface area contributed by atoms with Gasteiger partial charge in [-0.25, -0.2) is 0 Å². The largest absolute Gasteiger partial charge is 0.457 e. The lowest BCUT2D eigenvalue weighted by atomic mass is 10.1. The van der Waals surface area contributed by atoms with Crippen LogP contribution in [-0.4, -0.2) is 37.9 Å². The average Bonchev–Trinajstić information content (AvgIpc) is 2.74. The third-order valence-corrected chi connectivity index (χ3v) is 4.34.